The van der Waals surface area contributed by atoms with Crippen molar-refractivity contribution in [2.24, 2.45) is 5.92 Å². The zero-order chi connectivity index (χ0) is 13.8. The number of hydrogen-bond acceptors (Lipinski definition) is 6. The van der Waals surface area contributed by atoms with Crippen LogP contribution in [0.2, 0.25) is 0 Å². The Morgan fingerprint density at radius 3 is 2.74 bits per heavy atom. The first kappa shape index (κ1) is 14.6. The molecule has 2 rings (SSSR count). The van der Waals surface area contributed by atoms with Crippen molar-refractivity contribution >= 4 is 34.1 Å². The minimum Gasteiger partial charge on any atom is -0.363 e. The van der Waals surface area contributed by atoms with Gasteiger partial charge in [-0.05, 0) is 25.7 Å². The Kier molecular flexibility index (Phi) is 5.04. The fourth-order valence-electron chi connectivity index (χ4n) is 2.05. The van der Waals surface area contributed by atoms with Crippen molar-refractivity contribution in [2.75, 3.05) is 25.5 Å². The molecule has 0 saturated carbocycles. The van der Waals surface area contributed by atoms with E-state index in [0.717, 1.165) is 41.3 Å². The number of nitrogens with one attached hydrogen (secondary N) is 1. The van der Waals surface area contributed by atoms with Crippen LogP contribution in [0.4, 0.5) is 5.13 Å². The Bertz CT molecular complexity index is 429. The van der Waals surface area contributed by atoms with E-state index in [1.165, 1.54) is 23.1 Å². The number of amides is 1. The average molecular weight is 300 g/mol. The summed E-state index contributed by atoms with van der Waals surface area (Å²) in [6.45, 7) is 5.98. The summed E-state index contributed by atoms with van der Waals surface area (Å²) in [7, 11) is 1.82. The maximum atomic E-state index is 12.3. The molecule has 19 heavy (non-hydrogen) atoms. The van der Waals surface area contributed by atoms with Gasteiger partial charge >= 0.3 is 0 Å². The lowest BCUT2D eigenvalue weighted by molar-refractivity contribution is -0.131. The van der Waals surface area contributed by atoms with E-state index in [1.807, 2.05) is 18.9 Å². The van der Waals surface area contributed by atoms with Crippen LogP contribution in [-0.2, 0) is 4.79 Å². The van der Waals surface area contributed by atoms with Crippen LogP contribution in [0.5, 0.6) is 0 Å². The second-order valence-corrected chi connectivity index (χ2v) is 7.46. The highest BCUT2D eigenvalue weighted by molar-refractivity contribution is 8.02. The van der Waals surface area contributed by atoms with E-state index < -0.39 is 0 Å². The molecule has 2 heterocycles. The molecule has 0 radical (unpaired) electrons. The van der Waals surface area contributed by atoms with Gasteiger partial charge in [0, 0.05) is 20.1 Å². The molecule has 0 bridgehead atoms. The van der Waals surface area contributed by atoms with Gasteiger partial charge in [0.05, 0.1) is 5.25 Å². The van der Waals surface area contributed by atoms with E-state index in [2.05, 4.69) is 22.4 Å². The second-order valence-electron chi connectivity index (χ2n) is 4.89. The Hall–Kier alpha value is -0.820. The molecule has 0 aromatic carbocycles. The van der Waals surface area contributed by atoms with E-state index in [-0.39, 0.29) is 11.2 Å². The fraction of sp³-hybridized carbons (Fsp3) is 0.750. The topological polar surface area (TPSA) is 58.1 Å². The fourth-order valence-corrected chi connectivity index (χ4v) is 3.98. The predicted molar refractivity (Wildman–Crippen MR) is 79.8 cm³/mol. The van der Waals surface area contributed by atoms with Crippen molar-refractivity contribution in [3.8, 4) is 0 Å². The van der Waals surface area contributed by atoms with E-state index >= 15 is 0 Å². The Balaban J connectivity index is 1.88. The Morgan fingerprint density at radius 1 is 1.47 bits per heavy atom. The summed E-state index contributed by atoms with van der Waals surface area (Å²) in [5, 5.41) is 11.7. The number of rotatable bonds is 4. The summed E-state index contributed by atoms with van der Waals surface area (Å²) in [5.41, 5.74) is 0. The van der Waals surface area contributed by atoms with Gasteiger partial charge < -0.3 is 10.2 Å². The number of carbonyl (C=O) groups excluding carboxylic acids is 1. The summed E-state index contributed by atoms with van der Waals surface area (Å²) in [6, 6.07) is 0. The highest BCUT2D eigenvalue weighted by atomic mass is 32.2. The molecule has 1 N–H and O–H groups in total. The molecule has 5 nitrogen and oxygen atoms in total. The van der Waals surface area contributed by atoms with E-state index in [1.54, 1.807) is 0 Å². The van der Waals surface area contributed by atoms with E-state index in [0.29, 0.717) is 0 Å². The molecule has 1 saturated heterocycles. The quantitative estimate of drug-likeness (QED) is 0.865. The van der Waals surface area contributed by atoms with Crippen molar-refractivity contribution in [1.82, 2.24) is 15.1 Å². The standard InChI is InChI=1S/C12H20N4OS2/c1-8-4-6-16(7-5-8)10(17)9(2)18-12-15-14-11(13-3)19-12/h8-9H,4-7H2,1-3H3,(H,13,14). The lowest BCUT2D eigenvalue weighted by atomic mass is 9.99. The number of likely N-dealkylation sites (tertiary alicyclic amines) is 1. The SMILES string of the molecule is CNc1nnc(SC(C)C(=O)N2CCC(C)CC2)s1. The van der Waals surface area contributed by atoms with Gasteiger partial charge in [0.1, 0.15) is 0 Å². The van der Waals surface area contributed by atoms with Gasteiger partial charge in [0.2, 0.25) is 11.0 Å². The lowest BCUT2D eigenvalue weighted by Gasteiger charge is -2.31. The molecular weight excluding hydrogens is 280 g/mol. The highest BCUT2D eigenvalue weighted by Crippen LogP contribution is 2.30. The van der Waals surface area contributed by atoms with Crippen LogP contribution < -0.4 is 5.32 Å². The molecule has 1 atom stereocenters. The van der Waals surface area contributed by atoms with Crippen LogP contribution in [0.3, 0.4) is 0 Å². The molecule has 1 unspecified atom stereocenters. The number of carbonyl (C=O) groups is 1. The molecule has 1 aromatic heterocycles. The highest BCUT2D eigenvalue weighted by Gasteiger charge is 2.25. The zero-order valence-electron chi connectivity index (χ0n) is 11.5. The van der Waals surface area contributed by atoms with E-state index in [9.17, 15) is 4.79 Å². The maximum Gasteiger partial charge on any atom is 0.235 e. The van der Waals surface area contributed by atoms with Crippen LogP contribution in [0, 0.1) is 5.92 Å². The van der Waals surface area contributed by atoms with Gasteiger partial charge in [-0.3, -0.25) is 4.79 Å². The van der Waals surface area contributed by atoms with Crippen molar-refractivity contribution in [1.29, 1.82) is 0 Å². The molecule has 1 amide bonds. The molecule has 1 fully saturated rings. The van der Waals surface area contributed by atoms with Crippen LogP contribution in [0.25, 0.3) is 0 Å². The monoisotopic (exact) mass is 300 g/mol. The van der Waals surface area contributed by atoms with E-state index in [4.69, 9.17) is 0 Å². The number of hydrogen-bond donors (Lipinski definition) is 1. The predicted octanol–water partition coefficient (Wildman–Crippen LogP) is 2.32. The van der Waals surface area contributed by atoms with Gasteiger partial charge in [0.25, 0.3) is 0 Å². The van der Waals surface area contributed by atoms with Gasteiger partial charge in [0.15, 0.2) is 4.34 Å². The molecular formula is C12H20N4OS2. The van der Waals surface area contributed by atoms with Gasteiger partial charge in [-0.2, -0.15) is 0 Å². The third-order valence-electron chi connectivity index (χ3n) is 3.34. The number of thioether (sulfide) groups is 1. The number of anilines is 1. The van der Waals surface area contributed by atoms with Crippen LogP contribution >= 0.6 is 23.1 Å². The average Bonchev–Trinajstić information content (AvgIpc) is 2.86. The molecule has 0 spiro atoms. The third kappa shape index (κ3) is 3.82. The molecule has 1 aliphatic heterocycles. The molecule has 0 aliphatic carbocycles. The number of nitrogens with zero attached hydrogens (tertiary/aromatic N) is 3. The summed E-state index contributed by atoms with van der Waals surface area (Å²) < 4.78 is 0.843. The number of piperidine rings is 1. The van der Waals surface area contributed by atoms with Crippen molar-refractivity contribution in [3.05, 3.63) is 0 Å². The lowest BCUT2D eigenvalue weighted by Crippen LogP contribution is -2.41. The Labute approximate surface area is 122 Å². The molecule has 1 aliphatic rings. The molecule has 7 heteroatoms. The van der Waals surface area contributed by atoms with Gasteiger partial charge in [-0.1, -0.05) is 30.0 Å². The first-order chi connectivity index (χ1) is 9.10. The van der Waals surface area contributed by atoms with Crippen molar-refractivity contribution < 1.29 is 4.79 Å². The second kappa shape index (κ2) is 6.56. The summed E-state index contributed by atoms with van der Waals surface area (Å²) >= 11 is 2.98. The Morgan fingerprint density at radius 2 is 2.16 bits per heavy atom. The first-order valence-electron chi connectivity index (χ1n) is 6.57. The molecule has 1 aromatic rings. The summed E-state index contributed by atoms with van der Waals surface area (Å²) in [6.07, 6.45) is 2.23. The number of aromatic nitrogens is 2. The summed E-state index contributed by atoms with van der Waals surface area (Å²) in [5.74, 6) is 0.964. The van der Waals surface area contributed by atoms with Gasteiger partial charge in [-0.25, -0.2) is 0 Å². The van der Waals surface area contributed by atoms with Crippen molar-refractivity contribution in [2.45, 2.75) is 36.3 Å². The normalized spacial score (nSPS) is 18.4. The van der Waals surface area contributed by atoms with Crippen molar-refractivity contribution in [3.63, 3.8) is 0 Å². The molecule has 106 valence electrons. The smallest absolute Gasteiger partial charge is 0.235 e. The zero-order valence-corrected chi connectivity index (χ0v) is 13.2. The first-order valence-corrected chi connectivity index (χ1v) is 8.26. The third-order valence-corrected chi connectivity index (χ3v) is 5.45. The summed E-state index contributed by atoms with van der Waals surface area (Å²) in [4.78, 5) is 14.3. The maximum absolute atomic E-state index is 12.3. The van der Waals surface area contributed by atoms with Crippen LogP contribution in [0.1, 0.15) is 26.7 Å². The van der Waals surface area contributed by atoms with Crippen LogP contribution in [-0.4, -0.2) is 46.4 Å². The minimum absolute atomic E-state index is 0.0916. The van der Waals surface area contributed by atoms with Crippen LogP contribution in [0.15, 0.2) is 4.34 Å². The van der Waals surface area contributed by atoms with Gasteiger partial charge in [-0.15, -0.1) is 10.2 Å². The largest absolute Gasteiger partial charge is 0.363 e. The minimum atomic E-state index is -0.0916.